The van der Waals surface area contributed by atoms with Gasteiger partial charge in [0.05, 0.1) is 0 Å². The molecule has 0 bridgehead atoms. The molecule has 2 nitrogen and oxygen atoms in total. The van der Waals surface area contributed by atoms with Crippen molar-refractivity contribution in [1.82, 2.24) is 0 Å². The van der Waals surface area contributed by atoms with E-state index >= 15 is 0 Å². The number of fused-ring (bicyclic) bond motifs is 4. The number of carbonyl (C=O) groups is 2. The first kappa shape index (κ1) is 22.9. The zero-order chi connectivity index (χ0) is 26.1. The zero-order valence-electron chi connectivity index (χ0n) is 20.9. The Labute approximate surface area is 225 Å². The number of ketones is 2. The maximum absolute atomic E-state index is 13.4. The molecule has 0 unspecified atom stereocenters. The molecule has 0 aromatic heterocycles. The van der Waals surface area contributed by atoms with E-state index in [9.17, 15) is 9.59 Å². The molecule has 38 heavy (non-hydrogen) atoms. The normalized spacial score (nSPS) is 19.2. The molecule has 0 spiro atoms. The highest BCUT2D eigenvalue weighted by Crippen LogP contribution is 2.43. The zero-order valence-corrected chi connectivity index (χ0v) is 21.7. The minimum atomic E-state index is -0.0165. The molecule has 3 heteroatoms. The summed E-state index contributed by atoms with van der Waals surface area (Å²) in [5, 5.41) is 4.92. The number of Topliss-reactive ketones (excluding diaryl/α,β-unsaturated/α-hetero) is 2. The average Bonchev–Trinajstić information content (AvgIpc) is 3.48. The van der Waals surface area contributed by atoms with Crippen LogP contribution in [0.2, 0.25) is 0 Å². The van der Waals surface area contributed by atoms with Gasteiger partial charge in [0.2, 0.25) is 0 Å². The van der Waals surface area contributed by atoms with E-state index in [1.807, 2.05) is 79.7 Å². The van der Waals surface area contributed by atoms with Crippen LogP contribution in [0.3, 0.4) is 0 Å². The highest BCUT2D eigenvalue weighted by Gasteiger charge is 2.31. The first-order valence-electron chi connectivity index (χ1n) is 12.8. The lowest BCUT2D eigenvalue weighted by Crippen LogP contribution is -1.97. The van der Waals surface area contributed by atoms with Gasteiger partial charge in [0.25, 0.3) is 0 Å². The molecule has 0 heterocycles. The molecule has 0 fully saturated rings. The summed E-state index contributed by atoms with van der Waals surface area (Å²) in [6, 6.07) is 24.2. The van der Waals surface area contributed by atoms with Crippen molar-refractivity contribution in [3.8, 4) is 0 Å². The predicted molar refractivity (Wildman–Crippen MR) is 156 cm³/mol. The molecule has 3 aliphatic rings. The Balaban J connectivity index is 1.25. The lowest BCUT2D eigenvalue weighted by molar-refractivity contribution is 0.103. The van der Waals surface area contributed by atoms with Crippen LogP contribution in [0.5, 0.6) is 0 Å². The summed E-state index contributed by atoms with van der Waals surface area (Å²) >= 11 is 6.88. The standard InChI is InChI=1S/C35H23ClO2/c1-19-27-13-21-7-3-5-9-23(21)15-31(27)34(37)29(19)17-25-11-12-26(33(25)36)18-30-20(2)28-14-22-8-4-6-10-24(22)16-32(28)35(30)38/h3-10,13-18H,1,11-12H2,2H3/b26-18+,29-17+. The van der Waals surface area contributed by atoms with E-state index in [2.05, 4.69) is 18.7 Å². The molecule has 0 amide bonds. The van der Waals surface area contributed by atoms with Crippen molar-refractivity contribution in [2.24, 2.45) is 0 Å². The Kier molecular flexibility index (Phi) is 5.04. The van der Waals surface area contributed by atoms with Crippen molar-refractivity contribution in [3.63, 3.8) is 0 Å². The molecule has 4 aromatic carbocycles. The van der Waals surface area contributed by atoms with Crippen LogP contribution >= 0.6 is 11.6 Å². The predicted octanol–water partition coefficient (Wildman–Crippen LogP) is 9.01. The molecular weight excluding hydrogens is 488 g/mol. The third kappa shape index (κ3) is 3.34. The maximum atomic E-state index is 13.4. The summed E-state index contributed by atoms with van der Waals surface area (Å²) in [5.41, 5.74) is 8.13. The number of hydrogen-bond donors (Lipinski definition) is 0. The van der Waals surface area contributed by atoms with Crippen molar-refractivity contribution >= 4 is 55.9 Å². The molecule has 0 saturated heterocycles. The van der Waals surface area contributed by atoms with Gasteiger partial charge >= 0.3 is 0 Å². The van der Waals surface area contributed by atoms with E-state index in [-0.39, 0.29) is 11.6 Å². The van der Waals surface area contributed by atoms with Crippen LogP contribution in [0, 0.1) is 0 Å². The topological polar surface area (TPSA) is 34.1 Å². The summed E-state index contributed by atoms with van der Waals surface area (Å²) in [6.07, 6.45) is 5.28. The fraction of sp³-hybridized carbons (Fsp3) is 0.0857. The van der Waals surface area contributed by atoms with E-state index < -0.39 is 0 Å². The number of allylic oxidation sites excluding steroid dienone is 9. The number of hydrogen-bond acceptors (Lipinski definition) is 2. The minimum Gasteiger partial charge on any atom is -0.289 e. The number of rotatable bonds is 2. The molecule has 0 saturated carbocycles. The van der Waals surface area contributed by atoms with Crippen molar-refractivity contribution in [3.05, 3.63) is 141 Å². The molecule has 4 aromatic rings. The van der Waals surface area contributed by atoms with Crippen LogP contribution in [-0.2, 0) is 0 Å². The van der Waals surface area contributed by atoms with E-state index in [0.29, 0.717) is 28.2 Å². The minimum absolute atomic E-state index is 0.0165. The van der Waals surface area contributed by atoms with Gasteiger partial charge < -0.3 is 0 Å². The summed E-state index contributed by atoms with van der Waals surface area (Å²) in [4.78, 5) is 26.7. The highest BCUT2D eigenvalue weighted by atomic mass is 35.5. The summed E-state index contributed by atoms with van der Waals surface area (Å²) in [5.74, 6) is 0.0195. The fourth-order valence-electron chi connectivity index (χ4n) is 5.94. The van der Waals surface area contributed by atoms with Crippen LogP contribution in [-0.4, -0.2) is 11.6 Å². The monoisotopic (exact) mass is 510 g/mol. The Morgan fingerprint density at radius 3 is 1.84 bits per heavy atom. The van der Waals surface area contributed by atoms with E-state index in [4.69, 9.17) is 11.6 Å². The summed E-state index contributed by atoms with van der Waals surface area (Å²) in [7, 11) is 0. The molecule has 0 N–H and O–H groups in total. The van der Waals surface area contributed by atoms with Gasteiger partial charge in [-0.3, -0.25) is 9.59 Å². The van der Waals surface area contributed by atoms with Gasteiger partial charge in [0, 0.05) is 27.3 Å². The number of halogens is 1. The number of benzene rings is 4. The molecule has 182 valence electrons. The Morgan fingerprint density at radius 1 is 0.711 bits per heavy atom. The van der Waals surface area contributed by atoms with Gasteiger partial charge in [-0.1, -0.05) is 66.7 Å². The SMILES string of the molecule is C=C1/C(=C\C2=C(Cl)C(=C/C3=C(C)c4cc5ccccc5cc4C3=O)/CC2)C(=O)c2cc3ccccc3cc21. The Morgan fingerprint density at radius 2 is 1.24 bits per heavy atom. The Hall–Kier alpha value is -4.27. The molecule has 0 atom stereocenters. The van der Waals surface area contributed by atoms with E-state index in [1.165, 1.54) is 0 Å². The van der Waals surface area contributed by atoms with Gasteiger partial charge in [-0.25, -0.2) is 0 Å². The second kappa shape index (κ2) is 8.37. The van der Waals surface area contributed by atoms with Crippen LogP contribution < -0.4 is 0 Å². The van der Waals surface area contributed by atoms with E-state index in [1.54, 1.807) is 0 Å². The lowest BCUT2D eigenvalue weighted by Gasteiger charge is -2.03. The first-order valence-corrected chi connectivity index (χ1v) is 13.2. The maximum Gasteiger partial charge on any atom is 0.194 e. The smallest absolute Gasteiger partial charge is 0.194 e. The van der Waals surface area contributed by atoms with Gasteiger partial charge in [0.15, 0.2) is 11.6 Å². The third-order valence-electron chi connectivity index (χ3n) is 8.07. The van der Waals surface area contributed by atoms with Crippen LogP contribution in [0.4, 0.5) is 0 Å². The van der Waals surface area contributed by atoms with Gasteiger partial charge in [-0.2, -0.15) is 0 Å². The highest BCUT2D eigenvalue weighted by molar-refractivity contribution is 6.34. The van der Waals surface area contributed by atoms with Gasteiger partial charge in [0.1, 0.15) is 0 Å². The van der Waals surface area contributed by atoms with Crippen molar-refractivity contribution < 1.29 is 9.59 Å². The quantitative estimate of drug-likeness (QED) is 0.252. The summed E-state index contributed by atoms with van der Waals surface area (Å²) < 4.78 is 0. The largest absolute Gasteiger partial charge is 0.289 e. The lowest BCUT2D eigenvalue weighted by atomic mass is 10.0. The molecule has 7 rings (SSSR count). The second-order valence-electron chi connectivity index (χ2n) is 10.2. The first-order chi connectivity index (χ1) is 18.4. The van der Waals surface area contributed by atoms with Crippen LogP contribution in [0.15, 0.2) is 119 Å². The fourth-order valence-corrected chi connectivity index (χ4v) is 6.24. The van der Waals surface area contributed by atoms with Crippen molar-refractivity contribution in [1.29, 1.82) is 0 Å². The molecule has 0 aliphatic heterocycles. The molecular formula is C35H23ClO2. The van der Waals surface area contributed by atoms with Crippen molar-refractivity contribution in [2.45, 2.75) is 19.8 Å². The van der Waals surface area contributed by atoms with Crippen LogP contribution in [0.1, 0.15) is 51.6 Å². The number of carbonyl (C=O) groups excluding carboxylic acids is 2. The Bertz CT molecular complexity index is 1870. The van der Waals surface area contributed by atoms with Crippen molar-refractivity contribution in [2.75, 3.05) is 0 Å². The average molecular weight is 511 g/mol. The van der Waals surface area contributed by atoms with Gasteiger partial charge in [-0.05, 0) is 111 Å². The molecule has 0 radical (unpaired) electrons. The van der Waals surface area contributed by atoms with E-state index in [0.717, 1.165) is 66.9 Å². The van der Waals surface area contributed by atoms with Crippen LogP contribution in [0.25, 0.3) is 32.7 Å². The second-order valence-corrected chi connectivity index (χ2v) is 10.6. The van der Waals surface area contributed by atoms with Gasteiger partial charge in [-0.15, -0.1) is 0 Å². The summed E-state index contributed by atoms with van der Waals surface area (Å²) in [6.45, 7) is 6.25. The molecule has 3 aliphatic carbocycles. The third-order valence-corrected chi connectivity index (χ3v) is 8.56.